The smallest absolute Gasteiger partial charge is 0.157 e. The Morgan fingerprint density at radius 3 is 2.89 bits per heavy atom. The van der Waals surface area contributed by atoms with Crippen LogP contribution < -0.4 is 5.32 Å². The third-order valence-electron chi connectivity index (χ3n) is 3.96. The molecule has 1 saturated heterocycles. The first kappa shape index (κ1) is 13.3. The van der Waals surface area contributed by atoms with Gasteiger partial charge in [0, 0.05) is 16.3 Å². The van der Waals surface area contributed by atoms with Crippen LogP contribution in [0.4, 0.5) is 0 Å². The van der Waals surface area contributed by atoms with Gasteiger partial charge in [-0.2, -0.15) is 0 Å². The van der Waals surface area contributed by atoms with E-state index in [1.54, 1.807) is 0 Å². The summed E-state index contributed by atoms with van der Waals surface area (Å²) in [6, 6.07) is 7.95. The highest BCUT2D eigenvalue weighted by atomic mass is 35.5. The lowest BCUT2D eigenvalue weighted by atomic mass is 9.83. The lowest BCUT2D eigenvalue weighted by molar-refractivity contribution is 0.303. The Bertz CT molecular complexity index is 481. The zero-order valence-electron chi connectivity index (χ0n) is 11.0. The summed E-state index contributed by atoms with van der Waals surface area (Å²) in [4.78, 5) is 4.69. The summed E-state index contributed by atoms with van der Waals surface area (Å²) in [6.45, 7) is 0.714. The lowest BCUT2D eigenvalue weighted by Crippen LogP contribution is -2.45. The van der Waals surface area contributed by atoms with Crippen molar-refractivity contribution < 1.29 is 0 Å². The van der Waals surface area contributed by atoms with E-state index < -0.39 is 0 Å². The number of nitrogens with zero attached hydrogens (tertiary/aromatic N) is 1. The standard InChI is InChI=1S/C15H19ClN2S/c16-13-6-4-5-12(9-13)10-17-14-18-15(11-19-14)7-2-1-3-8-15/h4-6,9H,1-3,7-8,10-11H2,(H,17,18). The summed E-state index contributed by atoms with van der Waals surface area (Å²) in [5.74, 6) is 1.18. The van der Waals surface area contributed by atoms with E-state index in [0.29, 0.717) is 12.1 Å². The van der Waals surface area contributed by atoms with Crippen LogP contribution in [-0.2, 0) is 6.54 Å². The summed E-state index contributed by atoms with van der Waals surface area (Å²) in [7, 11) is 0. The average molecular weight is 295 g/mol. The van der Waals surface area contributed by atoms with Crippen molar-refractivity contribution in [3.05, 3.63) is 34.9 Å². The van der Waals surface area contributed by atoms with Gasteiger partial charge in [0.25, 0.3) is 0 Å². The maximum atomic E-state index is 5.99. The van der Waals surface area contributed by atoms with Gasteiger partial charge in [-0.25, -0.2) is 0 Å². The van der Waals surface area contributed by atoms with Gasteiger partial charge in [0.2, 0.25) is 0 Å². The zero-order valence-corrected chi connectivity index (χ0v) is 12.6. The zero-order chi connectivity index (χ0) is 13.1. The van der Waals surface area contributed by atoms with E-state index in [0.717, 1.165) is 10.2 Å². The molecule has 0 amide bonds. The Labute approximate surface area is 124 Å². The van der Waals surface area contributed by atoms with Crippen LogP contribution in [0.5, 0.6) is 0 Å². The first-order valence-electron chi connectivity index (χ1n) is 6.96. The van der Waals surface area contributed by atoms with Gasteiger partial charge in [-0.15, -0.1) is 0 Å². The number of hydrogen-bond acceptors (Lipinski definition) is 2. The van der Waals surface area contributed by atoms with Crippen LogP contribution in [0.3, 0.4) is 0 Å². The largest absolute Gasteiger partial charge is 0.359 e. The van der Waals surface area contributed by atoms with Crippen LogP contribution in [0.1, 0.15) is 37.7 Å². The third kappa shape index (κ3) is 3.26. The highest BCUT2D eigenvalue weighted by Gasteiger charge is 2.37. The van der Waals surface area contributed by atoms with Crippen molar-refractivity contribution in [3.63, 3.8) is 0 Å². The minimum atomic E-state index is 0.343. The number of rotatable bonds is 2. The molecule has 1 saturated carbocycles. The van der Waals surface area contributed by atoms with Gasteiger partial charge in [0.15, 0.2) is 5.17 Å². The van der Waals surface area contributed by atoms with Gasteiger partial charge in [0.05, 0.1) is 6.54 Å². The fourth-order valence-corrected chi connectivity index (χ4v) is 4.32. The van der Waals surface area contributed by atoms with E-state index in [-0.39, 0.29) is 0 Å². The molecule has 1 aliphatic heterocycles. The van der Waals surface area contributed by atoms with Gasteiger partial charge in [-0.05, 0) is 30.5 Å². The topological polar surface area (TPSA) is 24.4 Å². The summed E-state index contributed by atoms with van der Waals surface area (Å²) < 4.78 is 0. The number of amidine groups is 1. The number of halogens is 1. The summed E-state index contributed by atoms with van der Waals surface area (Å²) >= 11 is 7.86. The molecule has 102 valence electrons. The van der Waals surface area contributed by atoms with Gasteiger partial charge in [-0.3, -0.25) is 4.99 Å². The van der Waals surface area contributed by atoms with E-state index in [1.165, 1.54) is 43.4 Å². The molecular weight excluding hydrogens is 276 g/mol. The second-order valence-electron chi connectivity index (χ2n) is 5.51. The molecule has 0 atom stereocenters. The molecule has 1 heterocycles. The Balaban J connectivity index is 1.62. The summed E-state index contributed by atoms with van der Waals surface area (Å²) in [5, 5.41) is 5.57. The van der Waals surface area contributed by atoms with Crippen LogP contribution in [0, 0.1) is 0 Å². The van der Waals surface area contributed by atoms with Crippen molar-refractivity contribution in [1.82, 2.24) is 5.32 Å². The fraction of sp³-hybridized carbons (Fsp3) is 0.533. The molecule has 19 heavy (non-hydrogen) atoms. The van der Waals surface area contributed by atoms with Crippen molar-refractivity contribution in [3.8, 4) is 0 Å². The maximum Gasteiger partial charge on any atom is 0.157 e. The summed E-state index contributed by atoms with van der Waals surface area (Å²) in [5.41, 5.74) is 1.52. The Hall–Kier alpha value is -0.670. The Morgan fingerprint density at radius 1 is 1.26 bits per heavy atom. The molecule has 2 aliphatic rings. The van der Waals surface area contributed by atoms with Crippen LogP contribution >= 0.6 is 23.4 Å². The minimum Gasteiger partial charge on any atom is -0.359 e. The van der Waals surface area contributed by atoms with Crippen molar-refractivity contribution in [2.45, 2.75) is 44.2 Å². The van der Waals surface area contributed by atoms with Crippen molar-refractivity contribution in [2.24, 2.45) is 4.99 Å². The molecule has 3 rings (SSSR count). The number of thioether (sulfide) groups is 1. The molecule has 0 bridgehead atoms. The van der Waals surface area contributed by atoms with Crippen molar-refractivity contribution in [2.75, 3.05) is 5.75 Å². The van der Waals surface area contributed by atoms with Gasteiger partial charge < -0.3 is 5.32 Å². The van der Waals surface area contributed by atoms with E-state index in [9.17, 15) is 0 Å². The number of benzene rings is 1. The predicted molar refractivity (Wildman–Crippen MR) is 84.0 cm³/mol. The molecule has 2 nitrogen and oxygen atoms in total. The van der Waals surface area contributed by atoms with Crippen LogP contribution in [0.15, 0.2) is 29.3 Å². The summed E-state index contributed by atoms with van der Waals surface area (Å²) in [6.07, 6.45) is 6.71. The lowest BCUT2D eigenvalue weighted by Gasteiger charge is -2.32. The Kier molecular flexibility index (Phi) is 4.04. The number of aliphatic imine (C=N–C) groups is 1. The van der Waals surface area contributed by atoms with Gasteiger partial charge in [0.1, 0.15) is 0 Å². The van der Waals surface area contributed by atoms with Crippen LogP contribution in [0.25, 0.3) is 0 Å². The number of hydrogen-bond donors (Lipinski definition) is 1. The average Bonchev–Trinajstić information content (AvgIpc) is 2.80. The molecule has 1 spiro atoms. The van der Waals surface area contributed by atoms with E-state index in [2.05, 4.69) is 11.4 Å². The molecule has 2 fully saturated rings. The molecule has 1 aromatic carbocycles. The molecule has 1 aliphatic carbocycles. The van der Waals surface area contributed by atoms with E-state index in [4.69, 9.17) is 16.6 Å². The molecule has 0 radical (unpaired) electrons. The predicted octanol–water partition coefficient (Wildman–Crippen LogP) is 4.24. The normalized spacial score (nSPS) is 23.7. The second-order valence-corrected chi connectivity index (χ2v) is 6.91. The maximum absolute atomic E-state index is 5.99. The van der Waals surface area contributed by atoms with Crippen LogP contribution in [-0.4, -0.2) is 16.5 Å². The minimum absolute atomic E-state index is 0.343. The Morgan fingerprint density at radius 2 is 2.11 bits per heavy atom. The SMILES string of the molecule is Clc1cccc(CN=C2NC3(CCCCC3)CS2)c1. The molecule has 0 unspecified atom stereocenters. The highest BCUT2D eigenvalue weighted by Crippen LogP contribution is 2.36. The third-order valence-corrected chi connectivity index (χ3v) is 5.40. The fourth-order valence-electron chi connectivity index (χ4n) is 2.89. The first-order valence-corrected chi connectivity index (χ1v) is 8.32. The number of nitrogens with one attached hydrogen (secondary N) is 1. The highest BCUT2D eigenvalue weighted by molar-refractivity contribution is 8.14. The van der Waals surface area contributed by atoms with Gasteiger partial charge in [-0.1, -0.05) is 54.8 Å². The molecule has 4 heteroatoms. The first-order chi connectivity index (χ1) is 9.26. The molecule has 1 aromatic rings. The van der Waals surface area contributed by atoms with Crippen molar-refractivity contribution in [1.29, 1.82) is 0 Å². The molecular formula is C15H19ClN2S. The molecule has 0 aromatic heterocycles. The monoisotopic (exact) mass is 294 g/mol. The van der Waals surface area contributed by atoms with Crippen LogP contribution in [0.2, 0.25) is 5.02 Å². The molecule has 1 N–H and O–H groups in total. The van der Waals surface area contributed by atoms with Gasteiger partial charge >= 0.3 is 0 Å². The van der Waals surface area contributed by atoms with E-state index in [1.807, 2.05) is 30.0 Å². The quantitative estimate of drug-likeness (QED) is 0.882. The van der Waals surface area contributed by atoms with Crippen molar-refractivity contribution >= 4 is 28.5 Å². The van der Waals surface area contributed by atoms with E-state index >= 15 is 0 Å². The second kappa shape index (κ2) is 5.76.